The molecule has 0 spiro atoms. The van der Waals surface area contributed by atoms with E-state index in [1.807, 2.05) is 12.1 Å². The lowest BCUT2D eigenvalue weighted by molar-refractivity contribution is -0.146. The Hall–Kier alpha value is -3.36. The van der Waals surface area contributed by atoms with Crippen molar-refractivity contribution in [1.82, 2.24) is 0 Å². The largest absolute Gasteiger partial charge is 0.465 e. The zero-order valence-corrected chi connectivity index (χ0v) is 21.9. The van der Waals surface area contributed by atoms with Crippen LogP contribution >= 0.6 is 11.6 Å². The summed E-state index contributed by atoms with van der Waals surface area (Å²) in [5, 5.41) is 3.36. The molecule has 37 heavy (non-hydrogen) atoms. The van der Waals surface area contributed by atoms with E-state index in [9.17, 15) is 18.0 Å². The van der Waals surface area contributed by atoms with Crippen LogP contribution in [-0.2, 0) is 31.4 Å². The van der Waals surface area contributed by atoms with Gasteiger partial charge in [0.1, 0.15) is 0 Å². The van der Waals surface area contributed by atoms with Gasteiger partial charge in [-0.05, 0) is 98.3 Å². The topological polar surface area (TPSA) is 92.8 Å². The summed E-state index contributed by atoms with van der Waals surface area (Å²) in [6, 6.07) is 18.5. The summed E-state index contributed by atoms with van der Waals surface area (Å²) in [6.45, 7) is 2.51. The number of carbonyl (C=O) groups is 2. The standard InChI is InChI=1S/C28H27ClN2O5S/c1-2-36-27(33)28(15-16-28)21-6-10-23(11-7-21)30-26(32)20-5-14-25-19(18-20)4-3-17-31(25)37(34,35)24-12-8-22(29)9-13-24/h5-14,18H,2-4,15-17H2,1H3,(H,30,32). The Morgan fingerprint density at radius 3 is 2.38 bits per heavy atom. The third-order valence-electron chi connectivity index (χ3n) is 6.93. The molecule has 0 unspecified atom stereocenters. The normalized spacial score (nSPS) is 16.0. The maximum Gasteiger partial charge on any atom is 0.316 e. The number of fused-ring (bicyclic) bond motifs is 1. The molecule has 1 fully saturated rings. The van der Waals surface area contributed by atoms with Crippen LogP contribution in [0.2, 0.25) is 5.02 Å². The molecular formula is C28H27ClN2O5S. The Kier molecular flexibility index (Phi) is 6.72. The van der Waals surface area contributed by atoms with Crippen molar-refractivity contribution >= 4 is 44.9 Å². The molecule has 5 rings (SSSR count). The van der Waals surface area contributed by atoms with E-state index in [0.717, 1.165) is 24.0 Å². The summed E-state index contributed by atoms with van der Waals surface area (Å²) < 4.78 is 33.2. The minimum absolute atomic E-state index is 0.172. The van der Waals surface area contributed by atoms with Gasteiger partial charge in [-0.25, -0.2) is 8.42 Å². The van der Waals surface area contributed by atoms with Gasteiger partial charge >= 0.3 is 5.97 Å². The molecule has 192 valence electrons. The predicted molar refractivity (Wildman–Crippen MR) is 143 cm³/mol. The van der Waals surface area contributed by atoms with E-state index in [2.05, 4.69) is 5.32 Å². The summed E-state index contributed by atoms with van der Waals surface area (Å²) in [7, 11) is -3.75. The number of aryl methyl sites for hydroxylation is 1. The third kappa shape index (κ3) is 4.83. The Morgan fingerprint density at radius 2 is 1.73 bits per heavy atom. The zero-order chi connectivity index (χ0) is 26.2. The molecule has 7 nitrogen and oxygen atoms in total. The number of hydrogen-bond donors (Lipinski definition) is 1. The first-order valence-corrected chi connectivity index (χ1v) is 14.1. The van der Waals surface area contributed by atoms with Gasteiger partial charge in [-0.1, -0.05) is 23.7 Å². The first-order chi connectivity index (χ1) is 17.7. The van der Waals surface area contributed by atoms with E-state index in [1.165, 1.54) is 16.4 Å². The van der Waals surface area contributed by atoms with Crippen LogP contribution in [0.3, 0.4) is 0 Å². The van der Waals surface area contributed by atoms with Crippen LogP contribution in [0, 0.1) is 0 Å². The third-order valence-corrected chi connectivity index (χ3v) is 9.01. The van der Waals surface area contributed by atoms with Crippen LogP contribution in [0.1, 0.15) is 47.7 Å². The van der Waals surface area contributed by atoms with Gasteiger partial charge in [-0.2, -0.15) is 0 Å². The van der Waals surface area contributed by atoms with E-state index in [4.69, 9.17) is 16.3 Å². The first kappa shape index (κ1) is 25.3. The summed E-state index contributed by atoms with van der Waals surface area (Å²) in [5.74, 6) is -0.493. The van der Waals surface area contributed by atoms with Crippen molar-refractivity contribution in [1.29, 1.82) is 0 Å². The second-order valence-electron chi connectivity index (χ2n) is 9.31. The average molecular weight is 539 g/mol. The lowest BCUT2D eigenvalue weighted by Crippen LogP contribution is -2.35. The number of hydrogen-bond acceptors (Lipinski definition) is 5. The van der Waals surface area contributed by atoms with Gasteiger partial charge in [-0.3, -0.25) is 13.9 Å². The van der Waals surface area contributed by atoms with Crippen molar-refractivity contribution in [2.45, 2.75) is 42.9 Å². The van der Waals surface area contributed by atoms with Crippen LogP contribution in [0.25, 0.3) is 0 Å². The average Bonchev–Trinajstić information content (AvgIpc) is 3.71. The summed E-state index contributed by atoms with van der Waals surface area (Å²) in [6.07, 6.45) is 2.84. The van der Waals surface area contributed by atoms with E-state index in [0.29, 0.717) is 48.0 Å². The molecule has 1 saturated carbocycles. The lowest BCUT2D eigenvalue weighted by atomic mass is 9.96. The van der Waals surface area contributed by atoms with Crippen LogP contribution in [-0.4, -0.2) is 33.4 Å². The molecule has 1 aliphatic heterocycles. The number of carbonyl (C=O) groups excluding carboxylic acids is 2. The molecule has 1 amide bonds. The predicted octanol–water partition coefficient (Wildman–Crippen LogP) is 5.33. The molecule has 0 bridgehead atoms. The molecule has 2 aliphatic rings. The highest BCUT2D eigenvalue weighted by molar-refractivity contribution is 7.92. The molecular weight excluding hydrogens is 512 g/mol. The van der Waals surface area contributed by atoms with Crippen molar-refractivity contribution in [3.05, 3.63) is 88.4 Å². The number of amides is 1. The number of nitrogens with one attached hydrogen (secondary N) is 1. The number of nitrogens with zero attached hydrogens (tertiary/aromatic N) is 1. The van der Waals surface area contributed by atoms with Gasteiger partial charge in [0.25, 0.3) is 15.9 Å². The molecule has 1 aliphatic carbocycles. The van der Waals surface area contributed by atoms with Crippen LogP contribution in [0.4, 0.5) is 11.4 Å². The smallest absolute Gasteiger partial charge is 0.316 e. The molecule has 1 heterocycles. The molecule has 0 radical (unpaired) electrons. The number of sulfonamides is 1. The van der Waals surface area contributed by atoms with Crippen LogP contribution in [0.5, 0.6) is 0 Å². The number of esters is 1. The Morgan fingerprint density at radius 1 is 1.03 bits per heavy atom. The molecule has 3 aromatic rings. The van der Waals surface area contributed by atoms with Crippen molar-refractivity contribution < 1.29 is 22.7 Å². The second-order valence-corrected chi connectivity index (χ2v) is 11.6. The highest BCUT2D eigenvalue weighted by Gasteiger charge is 2.52. The van der Waals surface area contributed by atoms with Crippen molar-refractivity contribution in [2.24, 2.45) is 0 Å². The number of rotatable bonds is 7. The second kappa shape index (κ2) is 9.84. The summed E-state index contributed by atoms with van der Waals surface area (Å²) >= 11 is 5.92. The number of anilines is 2. The van der Waals surface area contributed by atoms with Gasteiger partial charge in [0.2, 0.25) is 0 Å². The maximum absolute atomic E-state index is 13.3. The minimum Gasteiger partial charge on any atom is -0.465 e. The molecule has 3 aromatic carbocycles. The van der Waals surface area contributed by atoms with E-state index < -0.39 is 15.4 Å². The fraction of sp³-hybridized carbons (Fsp3) is 0.286. The molecule has 0 saturated heterocycles. The molecule has 9 heteroatoms. The van der Waals surface area contributed by atoms with Gasteiger partial charge in [0.15, 0.2) is 0 Å². The van der Waals surface area contributed by atoms with E-state index >= 15 is 0 Å². The monoisotopic (exact) mass is 538 g/mol. The Bertz CT molecular complexity index is 1450. The molecule has 0 aromatic heterocycles. The highest BCUT2D eigenvalue weighted by atomic mass is 35.5. The number of ether oxygens (including phenoxy) is 1. The van der Waals surface area contributed by atoms with Gasteiger partial charge in [-0.15, -0.1) is 0 Å². The van der Waals surface area contributed by atoms with Gasteiger partial charge < -0.3 is 10.1 Å². The van der Waals surface area contributed by atoms with E-state index in [1.54, 1.807) is 49.4 Å². The summed E-state index contributed by atoms with van der Waals surface area (Å²) in [4.78, 5) is 25.5. The Balaban J connectivity index is 1.32. The molecule has 1 N–H and O–H groups in total. The van der Waals surface area contributed by atoms with Crippen molar-refractivity contribution in [3.63, 3.8) is 0 Å². The van der Waals surface area contributed by atoms with Gasteiger partial charge in [0.05, 0.1) is 22.6 Å². The molecule has 0 atom stereocenters. The summed E-state index contributed by atoms with van der Waals surface area (Å²) in [5.41, 5.74) is 2.76. The van der Waals surface area contributed by atoms with Gasteiger partial charge in [0, 0.05) is 22.8 Å². The first-order valence-electron chi connectivity index (χ1n) is 12.2. The highest BCUT2D eigenvalue weighted by Crippen LogP contribution is 2.49. The van der Waals surface area contributed by atoms with Crippen molar-refractivity contribution in [2.75, 3.05) is 22.8 Å². The fourth-order valence-corrected chi connectivity index (χ4v) is 6.44. The fourth-order valence-electron chi connectivity index (χ4n) is 4.77. The number of halogens is 1. The maximum atomic E-state index is 13.3. The van der Waals surface area contributed by atoms with E-state index in [-0.39, 0.29) is 16.8 Å². The zero-order valence-electron chi connectivity index (χ0n) is 20.4. The van der Waals surface area contributed by atoms with Crippen LogP contribution in [0.15, 0.2) is 71.6 Å². The van der Waals surface area contributed by atoms with Crippen molar-refractivity contribution in [3.8, 4) is 0 Å². The van der Waals surface area contributed by atoms with Crippen LogP contribution < -0.4 is 9.62 Å². The SMILES string of the molecule is CCOC(=O)C1(c2ccc(NC(=O)c3ccc4c(c3)CCCN4S(=O)(=O)c3ccc(Cl)cc3)cc2)CC1. The lowest BCUT2D eigenvalue weighted by Gasteiger charge is -2.30. The minimum atomic E-state index is -3.75. The Labute approximate surface area is 221 Å². The quantitative estimate of drug-likeness (QED) is 0.410. The number of benzene rings is 3.